The highest BCUT2D eigenvalue weighted by Crippen LogP contribution is 2.10. The van der Waals surface area contributed by atoms with Crippen molar-refractivity contribution < 1.29 is 38.3 Å². The summed E-state index contributed by atoms with van der Waals surface area (Å²) < 4.78 is 9.65. The topological polar surface area (TPSA) is 176 Å². The van der Waals surface area contributed by atoms with Gasteiger partial charge in [0, 0.05) is 25.7 Å². The van der Waals surface area contributed by atoms with Gasteiger partial charge >= 0.3 is 11.5 Å². The summed E-state index contributed by atoms with van der Waals surface area (Å²) in [5, 5.41) is 4.70. The van der Waals surface area contributed by atoms with Gasteiger partial charge in [0.25, 0.3) is 11.8 Å². The third-order valence-corrected chi connectivity index (χ3v) is 5.87. The molecular formula is C32H35ClN6O8. The van der Waals surface area contributed by atoms with Gasteiger partial charge in [0.2, 0.25) is 0 Å². The number of halogens is 1. The second kappa shape index (κ2) is 20.5. The van der Waals surface area contributed by atoms with E-state index >= 15 is 0 Å². The zero-order valence-corrected chi connectivity index (χ0v) is 26.9. The maximum Gasteiger partial charge on any atom is 0.412 e. The highest BCUT2D eigenvalue weighted by atomic mass is 35.5. The summed E-state index contributed by atoms with van der Waals surface area (Å²) in [7, 11) is 5.79. The quantitative estimate of drug-likeness (QED) is 0.175. The van der Waals surface area contributed by atoms with Gasteiger partial charge in [-0.05, 0) is 35.4 Å². The molecule has 248 valence electrons. The van der Waals surface area contributed by atoms with Crippen LogP contribution in [0.4, 0.5) is 21.0 Å². The number of nitrogen functional groups attached to an aromatic ring is 1. The highest BCUT2D eigenvalue weighted by Gasteiger charge is 2.13. The van der Waals surface area contributed by atoms with Crippen molar-refractivity contribution in [3.05, 3.63) is 120 Å². The average molecular weight is 667 g/mol. The first kappa shape index (κ1) is 37.6. The minimum atomic E-state index is -0.770. The van der Waals surface area contributed by atoms with Crippen LogP contribution in [0, 0.1) is 0 Å². The van der Waals surface area contributed by atoms with Crippen molar-refractivity contribution >= 4 is 46.3 Å². The lowest BCUT2D eigenvalue weighted by Crippen LogP contribution is -2.26. The zero-order valence-electron chi connectivity index (χ0n) is 26.2. The van der Waals surface area contributed by atoms with Gasteiger partial charge in [-0.2, -0.15) is 0 Å². The molecule has 0 aliphatic carbocycles. The molecule has 3 amide bonds. The molecule has 0 saturated carbocycles. The number of amides is 3. The molecular weight excluding hydrogens is 632 g/mol. The van der Waals surface area contributed by atoms with Crippen LogP contribution in [-0.2, 0) is 32.4 Å². The van der Waals surface area contributed by atoms with Gasteiger partial charge in [-0.3, -0.25) is 24.6 Å². The Morgan fingerprint density at radius 2 is 1.17 bits per heavy atom. The molecule has 0 saturated heterocycles. The molecule has 0 aliphatic heterocycles. The second-order valence-electron chi connectivity index (χ2n) is 9.08. The largest absolute Gasteiger partial charge is 0.449 e. The smallest absolute Gasteiger partial charge is 0.412 e. The lowest BCUT2D eigenvalue weighted by molar-refractivity contribution is -0.0760. The molecule has 0 fully saturated rings. The Morgan fingerprint density at radius 3 is 1.57 bits per heavy atom. The number of hydroxylamine groups is 4. The van der Waals surface area contributed by atoms with Gasteiger partial charge in [-0.15, -0.1) is 0 Å². The molecule has 4 aromatic rings. The Balaban J connectivity index is 0.000000270. The molecule has 47 heavy (non-hydrogen) atoms. The number of nitrogens with two attached hydrogens (primary N) is 1. The first-order valence-electron chi connectivity index (χ1n) is 13.7. The molecule has 3 N–H and O–H groups in total. The van der Waals surface area contributed by atoms with Crippen molar-refractivity contribution in [2.45, 2.75) is 13.2 Å². The van der Waals surface area contributed by atoms with Gasteiger partial charge in [0.05, 0.1) is 38.0 Å². The van der Waals surface area contributed by atoms with Crippen molar-refractivity contribution in [3.8, 4) is 0 Å². The van der Waals surface area contributed by atoms with E-state index < -0.39 is 11.5 Å². The summed E-state index contributed by atoms with van der Waals surface area (Å²) in [5.74, 6) is -0.687. The van der Waals surface area contributed by atoms with Crippen molar-refractivity contribution in [1.82, 2.24) is 20.1 Å². The van der Waals surface area contributed by atoms with E-state index in [1.54, 1.807) is 18.2 Å². The third-order valence-electron chi connectivity index (χ3n) is 5.76. The predicted octanol–water partition coefficient (Wildman–Crippen LogP) is 5.32. The van der Waals surface area contributed by atoms with E-state index in [1.165, 1.54) is 46.8 Å². The number of benzene rings is 2. The number of rotatable bonds is 9. The fourth-order valence-electron chi connectivity index (χ4n) is 3.21. The molecule has 2 aromatic carbocycles. The van der Waals surface area contributed by atoms with Crippen LogP contribution in [-0.4, -0.2) is 71.7 Å². The van der Waals surface area contributed by atoms with Gasteiger partial charge in [-0.1, -0.05) is 60.7 Å². The molecule has 14 nitrogen and oxygen atoms in total. The Hall–Kier alpha value is -5.57. The Bertz CT molecular complexity index is 1550. The Kier molecular flexibility index (Phi) is 16.4. The van der Waals surface area contributed by atoms with Crippen LogP contribution < -0.4 is 11.1 Å². The molecule has 2 heterocycles. The molecule has 0 aliphatic rings. The number of carbonyl (C=O) groups excluding carboxylic acids is 4. The van der Waals surface area contributed by atoms with Crippen LogP contribution in [0.15, 0.2) is 97.3 Å². The molecule has 2 aromatic heterocycles. The lowest BCUT2D eigenvalue weighted by Gasteiger charge is -2.13. The molecule has 0 bridgehead atoms. The Morgan fingerprint density at radius 1 is 0.702 bits per heavy atom. The number of hydrogen-bond acceptors (Lipinski definition) is 11. The number of nitrogens with one attached hydrogen (secondary N) is 1. The summed E-state index contributed by atoms with van der Waals surface area (Å²) in [5.41, 5.74) is 7.94. The number of nitrogens with zero attached hydrogens (tertiary/aromatic N) is 4. The van der Waals surface area contributed by atoms with Crippen molar-refractivity contribution in [2.24, 2.45) is 0 Å². The van der Waals surface area contributed by atoms with Crippen LogP contribution in [0.25, 0.3) is 0 Å². The van der Waals surface area contributed by atoms with Crippen molar-refractivity contribution in [3.63, 3.8) is 0 Å². The lowest BCUT2D eigenvalue weighted by atomic mass is 10.2. The van der Waals surface area contributed by atoms with Crippen LogP contribution >= 0.6 is 11.6 Å². The van der Waals surface area contributed by atoms with E-state index in [-0.39, 0.29) is 30.7 Å². The molecule has 4 rings (SSSR count). The van der Waals surface area contributed by atoms with Gasteiger partial charge in [-0.25, -0.2) is 29.7 Å². The standard InChI is InChI=1S/C16H17N3O4.C8H7ClO2.C8H11N3O2/c1-19(22-2)15(20)14-9-8-13(10-17-14)18-16(21)23-11-12-6-4-3-5-7-12;9-8(10)11-6-7-4-2-1-3-5-7;1-11(13-2)8(12)7-4-3-6(9)5-10-7/h3-10H,11H2,1-2H3,(H,18,21);1-5H,6H2;3-5H,9H2,1-2H3. The number of pyridine rings is 2. The van der Waals surface area contributed by atoms with Crippen molar-refractivity contribution in [1.29, 1.82) is 0 Å². The predicted molar refractivity (Wildman–Crippen MR) is 174 cm³/mol. The number of aromatic nitrogens is 2. The first-order chi connectivity index (χ1) is 22.5. The third kappa shape index (κ3) is 14.4. The maximum absolute atomic E-state index is 11.8. The average Bonchev–Trinajstić information content (AvgIpc) is 3.10. The number of carbonyl (C=O) groups is 4. The minimum absolute atomic E-state index is 0.176. The van der Waals surface area contributed by atoms with Crippen LogP contribution in [0.5, 0.6) is 0 Å². The van der Waals surface area contributed by atoms with E-state index in [9.17, 15) is 19.2 Å². The summed E-state index contributed by atoms with van der Waals surface area (Å²) >= 11 is 4.97. The molecule has 0 atom stereocenters. The van der Waals surface area contributed by atoms with Crippen LogP contribution in [0.1, 0.15) is 32.1 Å². The molecule has 0 unspecified atom stereocenters. The minimum Gasteiger partial charge on any atom is -0.449 e. The van der Waals surface area contributed by atoms with Crippen LogP contribution in [0.3, 0.4) is 0 Å². The van der Waals surface area contributed by atoms with Crippen molar-refractivity contribution in [2.75, 3.05) is 39.4 Å². The normalized spacial score (nSPS) is 9.72. The number of hydrogen-bond donors (Lipinski definition) is 2. The first-order valence-corrected chi connectivity index (χ1v) is 14.1. The number of ether oxygens (including phenoxy) is 2. The summed E-state index contributed by atoms with van der Waals surface area (Å²) in [6, 6.07) is 24.9. The Labute approximate surface area is 276 Å². The molecule has 15 heteroatoms. The van der Waals surface area contributed by atoms with Crippen LogP contribution in [0.2, 0.25) is 0 Å². The summed E-state index contributed by atoms with van der Waals surface area (Å²) in [6.07, 6.45) is 2.21. The van der Waals surface area contributed by atoms with Gasteiger partial charge in [0.15, 0.2) is 0 Å². The summed E-state index contributed by atoms with van der Waals surface area (Å²) in [4.78, 5) is 62.4. The fourth-order valence-corrected chi connectivity index (χ4v) is 3.26. The fraction of sp³-hybridized carbons (Fsp3) is 0.188. The van der Waals surface area contributed by atoms with E-state index in [0.29, 0.717) is 17.1 Å². The molecule has 0 spiro atoms. The molecule has 0 radical (unpaired) electrons. The highest BCUT2D eigenvalue weighted by molar-refractivity contribution is 6.61. The maximum atomic E-state index is 11.8. The van der Waals surface area contributed by atoms with Gasteiger partial charge < -0.3 is 15.2 Å². The van der Waals surface area contributed by atoms with E-state index in [4.69, 9.17) is 31.7 Å². The second-order valence-corrected chi connectivity index (χ2v) is 9.39. The SMILES string of the molecule is CON(C)C(=O)c1ccc(N)cn1.CON(C)C(=O)c1ccc(NC(=O)OCc2ccccc2)cn1.O=C(Cl)OCc1ccccc1. The monoisotopic (exact) mass is 666 g/mol. The summed E-state index contributed by atoms with van der Waals surface area (Å²) in [6.45, 7) is 0.415. The zero-order chi connectivity index (χ0) is 34.6. The van der Waals surface area contributed by atoms with Gasteiger partial charge in [0.1, 0.15) is 24.6 Å². The van der Waals surface area contributed by atoms with E-state index in [1.807, 2.05) is 60.7 Å². The van der Waals surface area contributed by atoms with E-state index in [2.05, 4.69) is 20.0 Å². The van der Waals surface area contributed by atoms with E-state index in [0.717, 1.165) is 21.3 Å². The number of anilines is 2.